The highest BCUT2D eigenvalue weighted by atomic mass is 32.2. The number of likely N-dealkylation sites (tertiary alicyclic amines) is 1. The second-order valence-corrected chi connectivity index (χ2v) is 12.0. The van der Waals surface area contributed by atoms with Gasteiger partial charge in [0.25, 0.3) is 5.82 Å². The second kappa shape index (κ2) is 11.6. The van der Waals surface area contributed by atoms with Crippen molar-refractivity contribution in [3.63, 3.8) is 0 Å². The minimum Gasteiger partial charge on any atom is -0.475 e. The number of imidazole rings is 1. The average Bonchev–Trinajstić information content (AvgIpc) is 3.27. The highest BCUT2D eigenvalue weighted by molar-refractivity contribution is 7.89. The van der Waals surface area contributed by atoms with Gasteiger partial charge in [-0.3, -0.25) is 4.90 Å². The lowest BCUT2D eigenvalue weighted by molar-refractivity contribution is -0.192. The first-order valence-corrected chi connectivity index (χ1v) is 13.9. The first kappa shape index (κ1) is 33.0. The van der Waals surface area contributed by atoms with Gasteiger partial charge in [0.15, 0.2) is 11.5 Å². The Balaban J connectivity index is 0.000000616. The summed E-state index contributed by atoms with van der Waals surface area (Å²) in [7, 11) is -3.93. The van der Waals surface area contributed by atoms with E-state index in [0.717, 1.165) is 17.5 Å². The number of carboxylic acids is 1. The fourth-order valence-electron chi connectivity index (χ4n) is 4.44. The molecule has 1 fully saturated rings. The van der Waals surface area contributed by atoms with E-state index in [0.29, 0.717) is 24.1 Å². The highest BCUT2D eigenvalue weighted by Crippen LogP contribution is 2.32. The Hall–Kier alpha value is -3.51. The number of alkyl halides is 6. The monoisotopic (exact) mass is 625 g/mol. The van der Waals surface area contributed by atoms with Gasteiger partial charge in [-0.05, 0) is 64.8 Å². The third kappa shape index (κ3) is 7.46. The Morgan fingerprint density at radius 3 is 2.36 bits per heavy atom. The fraction of sp³-hybridized carbons (Fsp3) is 0.500. The number of aromatic nitrogens is 4. The molecule has 1 aliphatic heterocycles. The molecule has 1 aliphatic rings. The van der Waals surface area contributed by atoms with Gasteiger partial charge in [-0.1, -0.05) is 6.07 Å². The number of carbonyl (C=O) groups is 1. The number of nitrogen functional groups attached to an aromatic ring is 1. The molecule has 0 bridgehead atoms. The van der Waals surface area contributed by atoms with Gasteiger partial charge in [0.05, 0.1) is 16.8 Å². The molecule has 1 unspecified atom stereocenters. The van der Waals surface area contributed by atoms with Crippen LogP contribution in [-0.2, 0) is 21.0 Å². The Bertz CT molecular complexity index is 1570. The van der Waals surface area contributed by atoms with Crippen LogP contribution in [0.3, 0.4) is 0 Å². The molecule has 4 N–H and O–H groups in total. The lowest BCUT2D eigenvalue weighted by Gasteiger charge is -2.42. The summed E-state index contributed by atoms with van der Waals surface area (Å²) >= 11 is 0. The summed E-state index contributed by atoms with van der Waals surface area (Å²) in [6, 6.07) is 4.78. The minimum absolute atomic E-state index is 0.00554. The van der Waals surface area contributed by atoms with Crippen molar-refractivity contribution in [1.29, 1.82) is 0 Å². The van der Waals surface area contributed by atoms with Crippen LogP contribution in [0, 0.1) is 6.92 Å². The fourth-order valence-corrected chi connectivity index (χ4v) is 5.89. The van der Waals surface area contributed by atoms with Crippen LogP contribution in [0.25, 0.3) is 16.9 Å². The highest BCUT2D eigenvalue weighted by Gasteiger charge is 2.39. The number of anilines is 1. The van der Waals surface area contributed by atoms with E-state index in [1.807, 2.05) is 6.92 Å². The van der Waals surface area contributed by atoms with Gasteiger partial charge in [-0.25, -0.2) is 32.4 Å². The number of aliphatic carboxylic acids is 1. The van der Waals surface area contributed by atoms with E-state index < -0.39 is 45.5 Å². The summed E-state index contributed by atoms with van der Waals surface area (Å²) in [4.78, 5) is 18.5. The normalized spacial score (nSPS) is 18.6. The number of sulfonamides is 1. The molecule has 0 spiro atoms. The Labute approximate surface area is 236 Å². The molecule has 0 radical (unpaired) electrons. The first-order valence-electron chi connectivity index (χ1n) is 12.4. The Morgan fingerprint density at radius 2 is 1.81 bits per heavy atom. The van der Waals surface area contributed by atoms with Gasteiger partial charge < -0.3 is 10.8 Å². The van der Waals surface area contributed by atoms with Crippen molar-refractivity contribution in [2.75, 3.05) is 18.8 Å². The van der Waals surface area contributed by atoms with Crippen LogP contribution in [0.4, 0.5) is 32.2 Å². The van der Waals surface area contributed by atoms with E-state index in [-0.39, 0.29) is 22.3 Å². The van der Waals surface area contributed by atoms with Crippen LogP contribution in [0.5, 0.6) is 0 Å². The molecule has 1 atom stereocenters. The number of halogens is 6. The van der Waals surface area contributed by atoms with Crippen molar-refractivity contribution in [3.8, 4) is 11.3 Å². The molecule has 0 saturated carbocycles. The molecule has 0 amide bonds. The number of carboxylic acid groups (broad SMARTS) is 1. The third-order valence-electron chi connectivity index (χ3n) is 6.52. The number of aryl methyl sites for hydroxylation is 1. The van der Waals surface area contributed by atoms with Gasteiger partial charge in [-0.15, -0.1) is 5.10 Å². The lowest BCUT2D eigenvalue weighted by Crippen LogP contribution is -2.57. The Kier molecular flexibility index (Phi) is 9.14. The SMILES string of the molecule is Cc1ccc(S(=O)(=O)NC2(C)CCCN(C(C)C)C2)cc1-c1cnc2c(N)nc(C(F)(F)F)nn12.O=C(O)C(F)(F)F. The number of nitrogens with one attached hydrogen (secondary N) is 1. The van der Waals surface area contributed by atoms with Crippen molar-refractivity contribution in [2.24, 2.45) is 0 Å². The van der Waals surface area contributed by atoms with E-state index in [2.05, 4.69) is 38.5 Å². The number of nitrogens with two attached hydrogens (primary N) is 1. The van der Waals surface area contributed by atoms with Crippen molar-refractivity contribution < 1.29 is 44.7 Å². The molecular weight excluding hydrogens is 596 g/mol. The maximum atomic E-state index is 13.4. The number of fused-ring (bicyclic) bond motifs is 1. The lowest BCUT2D eigenvalue weighted by atomic mass is 9.92. The van der Waals surface area contributed by atoms with E-state index in [9.17, 15) is 34.8 Å². The molecule has 11 nitrogen and oxygen atoms in total. The molecule has 2 aromatic heterocycles. The van der Waals surface area contributed by atoms with Crippen LogP contribution < -0.4 is 10.5 Å². The molecule has 3 aromatic rings. The number of piperidine rings is 1. The topological polar surface area (TPSA) is 156 Å². The summed E-state index contributed by atoms with van der Waals surface area (Å²) < 4.78 is 102. The van der Waals surface area contributed by atoms with Gasteiger partial charge in [-0.2, -0.15) is 26.3 Å². The molecular formula is C24H29F6N7O4S. The molecule has 3 heterocycles. The maximum absolute atomic E-state index is 13.4. The molecule has 1 aromatic carbocycles. The second-order valence-electron chi connectivity index (χ2n) is 10.3. The third-order valence-corrected chi connectivity index (χ3v) is 8.15. The van der Waals surface area contributed by atoms with E-state index in [1.165, 1.54) is 18.3 Å². The summed E-state index contributed by atoms with van der Waals surface area (Å²) in [5, 5.41) is 10.7. The summed E-state index contributed by atoms with van der Waals surface area (Å²) in [6.45, 7) is 9.23. The van der Waals surface area contributed by atoms with Crippen molar-refractivity contribution in [2.45, 2.75) is 69.4 Å². The predicted octanol–water partition coefficient (Wildman–Crippen LogP) is 3.88. The van der Waals surface area contributed by atoms with Gasteiger partial charge in [0.1, 0.15) is 0 Å². The zero-order chi connectivity index (χ0) is 31.8. The molecule has 4 rings (SSSR count). The molecule has 0 aliphatic carbocycles. The van der Waals surface area contributed by atoms with Crippen LogP contribution in [0.2, 0.25) is 0 Å². The van der Waals surface area contributed by atoms with Gasteiger partial charge in [0, 0.05) is 23.7 Å². The number of hydrogen-bond acceptors (Lipinski definition) is 8. The number of benzene rings is 1. The van der Waals surface area contributed by atoms with E-state index in [1.54, 1.807) is 13.0 Å². The van der Waals surface area contributed by atoms with Crippen LogP contribution in [0.15, 0.2) is 29.3 Å². The molecule has 1 saturated heterocycles. The van der Waals surface area contributed by atoms with E-state index >= 15 is 0 Å². The standard InChI is InChI=1S/C22H28F3N7O2S.C2HF3O2/c1-13(2)31-9-5-8-21(4,12-31)30-35(33,34)15-7-6-14(3)16(10-15)17-11-27-19-18(26)28-20(22(23,24)25)29-32(17)19;3-2(4,5)1(6)7/h6-7,10-11,13,30H,5,8-9,12H2,1-4H3,(H2,26,28,29);(H,6,7). The molecule has 42 heavy (non-hydrogen) atoms. The summed E-state index contributed by atoms with van der Waals surface area (Å²) in [5.41, 5.74) is 6.15. The minimum atomic E-state index is -5.08. The van der Waals surface area contributed by atoms with Crippen molar-refractivity contribution in [1.82, 2.24) is 29.2 Å². The molecule has 18 heteroatoms. The quantitative estimate of drug-likeness (QED) is 0.358. The maximum Gasteiger partial charge on any atom is 0.490 e. The van der Waals surface area contributed by atoms with E-state index in [4.69, 9.17) is 15.6 Å². The first-order chi connectivity index (χ1) is 19.1. The van der Waals surface area contributed by atoms with Crippen LogP contribution >= 0.6 is 0 Å². The smallest absolute Gasteiger partial charge is 0.475 e. The summed E-state index contributed by atoms with van der Waals surface area (Å²) in [6.07, 6.45) is -7.04. The van der Waals surface area contributed by atoms with Gasteiger partial charge in [0.2, 0.25) is 10.0 Å². The van der Waals surface area contributed by atoms with Crippen molar-refractivity contribution >= 4 is 27.5 Å². The summed E-state index contributed by atoms with van der Waals surface area (Å²) in [5.74, 6) is -4.60. The number of nitrogens with zero attached hydrogens (tertiary/aromatic N) is 5. The molecule has 232 valence electrons. The van der Waals surface area contributed by atoms with Crippen molar-refractivity contribution in [3.05, 3.63) is 35.8 Å². The van der Waals surface area contributed by atoms with Crippen LogP contribution in [0.1, 0.15) is 45.0 Å². The number of hydrogen-bond donors (Lipinski definition) is 3. The zero-order valence-electron chi connectivity index (χ0n) is 22.9. The predicted molar refractivity (Wildman–Crippen MR) is 139 cm³/mol. The average molecular weight is 626 g/mol. The Morgan fingerprint density at radius 1 is 1.19 bits per heavy atom. The van der Waals surface area contributed by atoms with Gasteiger partial charge >= 0.3 is 18.3 Å². The number of rotatable bonds is 5. The zero-order valence-corrected chi connectivity index (χ0v) is 23.7. The largest absolute Gasteiger partial charge is 0.490 e. The van der Waals surface area contributed by atoms with Crippen LogP contribution in [-0.4, -0.2) is 74.8 Å².